The van der Waals surface area contributed by atoms with Crippen LogP contribution in [0.15, 0.2) is 24.3 Å². The van der Waals surface area contributed by atoms with Crippen molar-refractivity contribution < 1.29 is 14.3 Å². The molecule has 0 aliphatic carbocycles. The molecule has 0 atom stereocenters. The molecule has 2 amide bonds. The van der Waals surface area contributed by atoms with E-state index in [1.807, 2.05) is 0 Å². The zero-order valence-electron chi connectivity index (χ0n) is 9.95. The number of benzene rings is 1. The van der Waals surface area contributed by atoms with Gasteiger partial charge in [0.05, 0.1) is 7.11 Å². The van der Waals surface area contributed by atoms with Crippen LogP contribution in [0.1, 0.15) is 13.3 Å². The quantitative estimate of drug-likeness (QED) is 0.819. The fraction of sp³-hybridized carbons (Fsp3) is 0.333. The average molecular weight is 236 g/mol. The van der Waals surface area contributed by atoms with Crippen molar-refractivity contribution in [2.24, 2.45) is 0 Å². The average Bonchev–Trinajstić information content (AvgIpc) is 2.29. The summed E-state index contributed by atoms with van der Waals surface area (Å²) in [5, 5.41) is 5.24. The maximum Gasteiger partial charge on any atom is 0.319 e. The molecule has 5 nitrogen and oxygen atoms in total. The molecule has 0 aliphatic heterocycles. The number of urea groups is 1. The molecule has 0 bridgehead atoms. The number of rotatable bonds is 5. The van der Waals surface area contributed by atoms with Gasteiger partial charge in [-0.05, 0) is 31.2 Å². The molecule has 1 rings (SSSR count). The van der Waals surface area contributed by atoms with Gasteiger partial charge in [-0.2, -0.15) is 0 Å². The first-order valence-electron chi connectivity index (χ1n) is 5.30. The summed E-state index contributed by atoms with van der Waals surface area (Å²) in [5.41, 5.74) is 0.672. The first-order chi connectivity index (χ1) is 8.11. The first-order valence-corrected chi connectivity index (χ1v) is 5.30. The SMILES string of the molecule is COc1ccc(NC(=O)NCCC(C)=O)cc1. The Bertz CT molecular complexity index is 387. The summed E-state index contributed by atoms with van der Waals surface area (Å²) in [7, 11) is 1.58. The van der Waals surface area contributed by atoms with Gasteiger partial charge in [-0.15, -0.1) is 0 Å². The lowest BCUT2D eigenvalue weighted by Crippen LogP contribution is -2.30. The van der Waals surface area contributed by atoms with Crippen LogP contribution in [0.25, 0.3) is 0 Å². The van der Waals surface area contributed by atoms with Gasteiger partial charge in [0.1, 0.15) is 11.5 Å². The second kappa shape index (κ2) is 6.52. The van der Waals surface area contributed by atoms with Gasteiger partial charge < -0.3 is 15.4 Å². The minimum Gasteiger partial charge on any atom is -0.497 e. The Morgan fingerprint density at radius 3 is 2.41 bits per heavy atom. The van der Waals surface area contributed by atoms with E-state index in [0.29, 0.717) is 18.7 Å². The zero-order chi connectivity index (χ0) is 12.7. The van der Waals surface area contributed by atoms with Crippen molar-refractivity contribution in [1.29, 1.82) is 0 Å². The van der Waals surface area contributed by atoms with Crippen LogP contribution in [0.5, 0.6) is 5.75 Å². The maximum absolute atomic E-state index is 11.4. The van der Waals surface area contributed by atoms with Crippen LogP contribution in [0.4, 0.5) is 10.5 Å². The second-order valence-electron chi connectivity index (χ2n) is 3.56. The number of hydrogen-bond acceptors (Lipinski definition) is 3. The summed E-state index contributed by atoms with van der Waals surface area (Å²) in [6.07, 6.45) is 0.343. The van der Waals surface area contributed by atoms with Crippen LogP contribution in [0, 0.1) is 0 Å². The maximum atomic E-state index is 11.4. The lowest BCUT2D eigenvalue weighted by molar-refractivity contribution is -0.116. The molecular weight excluding hydrogens is 220 g/mol. The normalized spacial score (nSPS) is 9.53. The van der Waals surface area contributed by atoms with E-state index < -0.39 is 0 Å². The van der Waals surface area contributed by atoms with Gasteiger partial charge in [-0.1, -0.05) is 0 Å². The topological polar surface area (TPSA) is 67.4 Å². The van der Waals surface area contributed by atoms with E-state index >= 15 is 0 Å². The predicted octanol–water partition coefficient (Wildman–Crippen LogP) is 1.80. The van der Waals surface area contributed by atoms with Gasteiger partial charge in [0, 0.05) is 18.7 Å². The van der Waals surface area contributed by atoms with E-state index in [4.69, 9.17) is 4.74 Å². The third-order valence-corrected chi connectivity index (χ3v) is 2.11. The first kappa shape index (κ1) is 13.0. The highest BCUT2D eigenvalue weighted by Crippen LogP contribution is 2.14. The van der Waals surface area contributed by atoms with Crippen LogP contribution in [0.2, 0.25) is 0 Å². The molecule has 2 N–H and O–H groups in total. The predicted molar refractivity (Wildman–Crippen MR) is 65.3 cm³/mol. The number of carbonyl (C=O) groups excluding carboxylic acids is 2. The minimum absolute atomic E-state index is 0.0507. The Morgan fingerprint density at radius 1 is 1.24 bits per heavy atom. The molecule has 92 valence electrons. The fourth-order valence-electron chi connectivity index (χ4n) is 1.20. The summed E-state index contributed by atoms with van der Waals surface area (Å²) in [6, 6.07) is 6.67. The molecule has 1 aromatic rings. The van der Waals surface area contributed by atoms with Crippen molar-refractivity contribution in [3.8, 4) is 5.75 Å². The molecule has 0 saturated heterocycles. The van der Waals surface area contributed by atoms with E-state index in [1.54, 1.807) is 31.4 Å². The number of anilines is 1. The van der Waals surface area contributed by atoms with E-state index in [1.165, 1.54) is 6.92 Å². The number of methoxy groups -OCH3 is 1. The van der Waals surface area contributed by atoms with Gasteiger partial charge in [-0.3, -0.25) is 4.79 Å². The Labute approximate surface area is 100 Å². The monoisotopic (exact) mass is 236 g/mol. The zero-order valence-corrected chi connectivity index (χ0v) is 9.95. The van der Waals surface area contributed by atoms with E-state index in [0.717, 1.165) is 5.75 Å². The number of ether oxygens (including phenoxy) is 1. The molecule has 0 unspecified atom stereocenters. The number of nitrogens with one attached hydrogen (secondary N) is 2. The van der Waals surface area contributed by atoms with Gasteiger partial charge in [0.15, 0.2) is 0 Å². The van der Waals surface area contributed by atoms with E-state index in [9.17, 15) is 9.59 Å². The highest BCUT2D eigenvalue weighted by Gasteiger charge is 2.01. The standard InChI is InChI=1S/C12H16N2O3/c1-9(15)7-8-13-12(16)14-10-3-5-11(17-2)6-4-10/h3-6H,7-8H2,1-2H3,(H2,13,14,16). The molecule has 0 fully saturated rings. The molecule has 5 heteroatoms. The van der Waals surface area contributed by atoms with Gasteiger partial charge in [0.25, 0.3) is 0 Å². The molecule has 0 spiro atoms. The Kier molecular flexibility index (Phi) is 5.00. The van der Waals surface area contributed by atoms with Gasteiger partial charge in [0.2, 0.25) is 0 Å². The minimum atomic E-state index is -0.323. The third kappa shape index (κ3) is 5.01. The van der Waals surface area contributed by atoms with Crippen molar-refractivity contribution >= 4 is 17.5 Å². The summed E-state index contributed by atoms with van der Waals surface area (Å²) in [6.45, 7) is 1.83. The number of hydrogen-bond donors (Lipinski definition) is 2. The number of Topliss-reactive ketones (excluding diaryl/α,β-unsaturated/α-hetero) is 1. The van der Waals surface area contributed by atoms with Crippen LogP contribution >= 0.6 is 0 Å². The second-order valence-corrected chi connectivity index (χ2v) is 3.56. The largest absolute Gasteiger partial charge is 0.497 e. The lowest BCUT2D eigenvalue weighted by Gasteiger charge is -2.07. The number of carbonyl (C=O) groups is 2. The molecule has 0 saturated carbocycles. The number of ketones is 1. The van der Waals surface area contributed by atoms with Crippen LogP contribution < -0.4 is 15.4 Å². The molecular formula is C12H16N2O3. The van der Waals surface area contributed by atoms with Crippen molar-refractivity contribution in [2.75, 3.05) is 19.0 Å². The smallest absolute Gasteiger partial charge is 0.319 e. The summed E-state index contributed by atoms with van der Waals surface area (Å²) < 4.78 is 5.00. The van der Waals surface area contributed by atoms with Gasteiger partial charge >= 0.3 is 6.03 Å². The molecule has 0 heterocycles. The third-order valence-electron chi connectivity index (χ3n) is 2.11. The molecule has 0 radical (unpaired) electrons. The highest BCUT2D eigenvalue weighted by atomic mass is 16.5. The van der Waals surface area contributed by atoms with E-state index in [2.05, 4.69) is 10.6 Å². The van der Waals surface area contributed by atoms with Crippen LogP contribution in [-0.2, 0) is 4.79 Å². The Balaban J connectivity index is 2.37. The fourth-order valence-corrected chi connectivity index (χ4v) is 1.20. The highest BCUT2D eigenvalue weighted by molar-refractivity contribution is 5.89. The molecule has 0 aliphatic rings. The van der Waals surface area contributed by atoms with Crippen molar-refractivity contribution in [3.63, 3.8) is 0 Å². The van der Waals surface area contributed by atoms with Crippen molar-refractivity contribution in [2.45, 2.75) is 13.3 Å². The summed E-state index contributed by atoms with van der Waals surface area (Å²) in [4.78, 5) is 22.1. The molecule has 1 aromatic carbocycles. The molecule has 17 heavy (non-hydrogen) atoms. The lowest BCUT2D eigenvalue weighted by atomic mass is 10.3. The molecule has 0 aromatic heterocycles. The summed E-state index contributed by atoms with van der Waals surface area (Å²) >= 11 is 0. The number of amides is 2. The van der Waals surface area contributed by atoms with Crippen LogP contribution in [0.3, 0.4) is 0 Å². The Hall–Kier alpha value is -2.04. The van der Waals surface area contributed by atoms with Gasteiger partial charge in [-0.25, -0.2) is 4.79 Å². The van der Waals surface area contributed by atoms with Crippen molar-refractivity contribution in [3.05, 3.63) is 24.3 Å². The van der Waals surface area contributed by atoms with Crippen LogP contribution in [-0.4, -0.2) is 25.5 Å². The van der Waals surface area contributed by atoms with E-state index in [-0.39, 0.29) is 11.8 Å². The summed E-state index contributed by atoms with van der Waals surface area (Å²) in [5.74, 6) is 0.780. The Morgan fingerprint density at radius 2 is 1.88 bits per heavy atom. The van der Waals surface area contributed by atoms with Crippen molar-refractivity contribution in [1.82, 2.24) is 5.32 Å².